The van der Waals surface area contributed by atoms with Gasteiger partial charge in [0.2, 0.25) is 0 Å². The van der Waals surface area contributed by atoms with Crippen LogP contribution in [0.25, 0.3) is 22.4 Å². The van der Waals surface area contributed by atoms with E-state index >= 15 is 0 Å². The van der Waals surface area contributed by atoms with Gasteiger partial charge in [0.1, 0.15) is 11.6 Å². The number of hydrogen-bond acceptors (Lipinski definition) is 6. The molecule has 30 heavy (non-hydrogen) atoms. The highest BCUT2D eigenvalue weighted by Crippen LogP contribution is 2.30. The van der Waals surface area contributed by atoms with Crippen molar-refractivity contribution in [1.82, 2.24) is 9.88 Å². The fourth-order valence-electron chi connectivity index (χ4n) is 3.50. The molecule has 2 aromatic carbocycles. The van der Waals surface area contributed by atoms with Crippen LogP contribution in [-0.2, 0) is 4.18 Å². The average Bonchev–Trinajstić information content (AvgIpc) is 2.79. The van der Waals surface area contributed by atoms with Gasteiger partial charge in [-0.05, 0) is 54.6 Å². The Kier molecular flexibility index (Phi) is 6.01. The summed E-state index contributed by atoms with van der Waals surface area (Å²) in [4.78, 5) is 21.1. The Hall–Kier alpha value is -2.90. The van der Waals surface area contributed by atoms with Gasteiger partial charge in [0.15, 0.2) is 0 Å². The van der Waals surface area contributed by atoms with Crippen LogP contribution >= 0.6 is 12.9 Å². The van der Waals surface area contributed by atoms with Crippen molar-refractivity contribution in [2.45, 2.75) is 0 Å². The summed E-state index contributed by atoms with van der Waals surface area (Å²) >= 11 is 3.56. The Morgan fingerprint density at radius 2 is 1.57 bits per heavy atom. The number of halogens is 1. The van der Waals surface area contributed by atoms with Gasteiger partial charge in [-0.1, -0.05) is 24.3 Å². The lowest BCUT2D eigenvalue weighted by atomic mass is 10.0. The molecule has 4 rings (SSSR count). The second-order valence-electron chi connectivity index (χ2n) is 7.35. The predicted molar refractivity (Wildman–Crippen MR) is 119 cm³/mol. The minimum Gasteiger partial charge on any atom is -0.391 e. The van der Waals surface area contributed by atoms with Gasteiger partial charge in [0, 0.05) is 44.7 Å². The lowest BCUT2D eigenvalue weighted by Gasteiger charge is -2.33. The number of pyridine rings is 1. The number of hydrogen-bond donors (Lipinski definition) is 1. The number of piperazine rings is 1. The first kappa shape index (κ1) is 20.4. The van der Waals surface area contributed by atoms with Gasteiger partial charge in [-0.25, -0.2) is 14.2 Å². The Bertz CT molecular complexity index is 1030. The van der Waals surface area contributed by atoms with Crippen molar-refractivity contribution in [2.75, 3.05) is 38.1 Å². The monoisotopic (exact) mass is 423 g/mol. The van der Waals surface area contributed by atoms with Crippen LogP contribution in [0, 0.1) is 5.82 Å². The smallest absolute Gasteiger partial charge is 0.349 e. The van der Waals surface area contributed by atoms with Crippen molar-refractivity contribution in [3.8, 4) is 22.4 Å². The number of likely N-dealkylation sites (N-methyl/N-ethyl adjacent to an activating group) is 1. The molecule has 0 spiro atoms. The third-order valence-electron chi connectivity index (χ3n) is 5.32. The molecule has 0 saturated carbocycles. The first-order valence-electron chi connectivity index (χ1n) is 9.71. The van der Waals surface area contributed by atoms with Crippen molar-refractivity contribution < 1.29 is 13.4 Å². The van der Waals surface area contributed by atoms with Crippen LogP contribution in [0.4, 0.5) is 10.2 Å². The van der Waals surface area contributed by atoms with Gasteiger partial charge >= 0.3 is 5.97 Å². The zero-order valence-corrected chi connectivity index (χ0v) is 17.5. The molecule has 0 N–H and O–H groups in total. The van der Waals surface area contributed by atoms with E-state index in [1.807, 2.05) is 18.2 Å². The first-order chi connectivity index (χ1) is 14.5. The van der Waals surface area contributed by atoms with Crippen LogP contribution in [0.2, 0.25) is 0 Å². The standard InChI is InChI=1S/C23H22FN3O2S/c1-26-10-12-27(13-11-26)22-15-19(16-6-8-20(24)9-7-16)14-21(25-22)17-2-4-18(5-3-17)23(28)29-30/h2-9,14-15,30H,10-13H2,1H3. The highest BCUT2D eigenvalue weighted by Gasteiger charge is 2.18. The van der Waals surface area contributed by atoms with Crippen molar-refractivity contribution in [3.63, 3.8) is 0 Å². The lowest BCUT2D eigenvalue weighted by Crippen LogP contribution is -2.44. The van der Waals surface area contributed by atoms with E-state index in [0.29, 0.717) is 5.56 Å². The summed E-state index contributed by atoms with van der Waals surface area (Å²) in [5.41, 5.74) is 3.97. The van der Waals surface area contributed by atoms with E-state index in [2.05, 4.69) is 40.0 Å². The summed E-state index contributed by atoms with van der Waals surface area (Å²) in [7, 11) is 2.11. The third kappa shape index (κ3) is 4.47. The summed E-state index contributed by atoms with van der Waals surface area (Å²) in [6, 6.07) is 17.6. The molecule has 0 atom stereocenters. The molecule has 154 valence electrons. The van der Waals surface area contributed by atoms with Crippen LogP contribution in [-0.4, -0.2) is 49.1 Å². The van der Waals surface area contributed by atoms with Gasteiger partial charge in [-0.2, -0.15) is 0 Å². The Balaban J connectivity index is 1.75. The van der Waals surface area contributed by atoms with Gasteiger partial charge in [-0.15, -0.1) is 0 Å². The molecule has 2 heterocycles. The number of benzene rings is 2. The molecule has 0 unspecified atom stereocenters. The number of rotatable bonds is 4. The van der Waals surface area contributed by atoms with E-state index in [0.717, 1.165) is 54.4 Å². The zero-order chi connectivity index (χ0) is 21.1. The number of carbonyl (C=O) groups is 1. The van der Waals surface area contributed by atoms with E-state index in [4.69, 9.17) is 4.98 Å². The topological polar surface area (TPSA) is 45.7 Å². The molecule has 1 saturated heterocycles. The van der Waals surface area contributed by atoms with Gasteiger partial charge < -0.3 is 14.0 Å². The van der Waals surface area contributed by atoms with Crippen molar-refractivity contribution in [2.24, 2.45) is 0 Å². The normalized spacial score (nSPS) is 14.6. The molecular weight excluding hydrogens is 401 g/mol. The zero-order valence-electron chi connectivity index (χ0n) is 16.6. The van der Waals surface area contributed by atoms with Crippen LogP contribution in [0.15, 0.2) is 60.7 Å². The summed E-state index contributed by atoms with van der Waals surface area (Å²) in [5, 5.41) is 0. The van der Waals surface area contributed by atoms with Crippen molar-refractivity contribution in [1.29, 1.82) is 0 Å². The molecule has 1 aliphatic heterocycles. The number of thiol groups is 1. The molecule has 3 aromatic rings. The molecule has 0 radical (unpaired) electrons. The third-order valence-corrected chi connectivity index (χ3v) is 5.48. The lowest BCUT2D eigenvalue weighted by molar-refractivity contribution is 0.0772. The highest BCUT2D eigenvalue weighted by molar-refractivity contribution is 7.75. The molecule has 0 bridgehead atoms. The SMILES string of the molecule is CN1CCN(c2cc(-c3ccc(F)cc3)cc(-c3ccc(C(=O)OS)cc3)n2)CC1. The van der Waals surface area contributed by atoms with Crippen LogP contribution in [0.3, 0.4) is 0 Å². The van der Waals surface area contributed by atoms with E-state index < -0.39 is 5.97 Å². The summed E-state index contributed by atoms with van der Waals surface area (Å²) < 4.78 is 17.9. The van der Waals surface area contributed by atoms with Crippen LogP contribution in [0.1, 0.15) is 10.4 Å². The van der Waals surface area contributed by atoms with E-state index in [-0.39, 0.29) is 5.82 Å². The summed E-state index contributed by atoms with van der Waals surface area (Å²) in [6.45, 7) is 3.72. The molecule has 1 fully saturated rings. The van der Waals surface area contributed by atoms with Crippen molar-refractivity contribution in [3.05, 3.63) is 72.0 Å². The largest absolute Gasteiger partial charge is 0.391 e. The molecule has 1 aliphatic rings. The van der Waals surface area contributed by atoms with Gasteiger partial charge in [-0.3, -0.25) is 0 Å². The Morgan fingerprint density at radius 3 is 2.20 bits per heavy atom. The Labute approximate surface area is 180 Å². The molecular formula is C23H22FN3O2S. The summed E-state index contributed by atoms with van der Waals surface area (Å²) in [6.07, 6.45) is 0. The number of carbonyl (C=O) groups excluding carboxylic acids is 1. The molecule has 7 heteroatoms. The number of nitrogens with zero attached hydrogens (tertiary/aromatic N) is 3. The fourth-order valence-corrected chi connectivity index (χ4v) is 3.61. The maximum absolute atomic E-state index is 13.4. The minimum atomic E-state index is -0.504. The molecule has 1 aromatic heterocycles. The fraction of sp³-hybridized carbons (Fsp3) is 0.217. The number of aromatic nitrogens is 1. The van der Waals surface area contributed by atoms with E-state index in [1.54, 1.807) is 24.3 Å². The quantitative estimate of drug-likeness (QED) is 0.501. The van der Waals surface area contributed by atoms with Crippen molar-refractivity contribution >= 4 is 24.7 Å². The molecule has 5 nitrogen and oxygen atoms in total. The second kappa shape index (κ2) is 8.85. The predicted octanol–water partition coefficient (Wildman–Crippen LogP) is 4.31. The van der Waals surface area contributed by atoms with E-state index in [9.17, 15) is 9.18 Å². The highest BCUT2D eigenvalue weighted by atomic mass is 32.1. The van der Waals surface area contributed by atoms with Gasteiger partial charge in [0.05, 0.1) is 11.3 Å². The van der Waals surface area contributed by atoms with Crippen LogP contribution in [0.5, 0.6) is 0 Å². The minimum absolute atomic E-state index is 0.265. The van der Waals surface area contributed by atoms with Crippen LogP contribution < -0.4 is 4.90 Å². The molecule has 0 aliphatic carbocycles. The maximum Gasteiger partial charge on any atom is 0.349 e. The Morgan fingerprint density at radius 1 is 0.933 bits per heavy atom. The molecule has 0 amide bonds. The average molecular weight is 424 g/mol. The number of anilines is 1. The van der Waals surface area contributed by atoms with E-state index in [1.165, 1.54) is 12.1 Å². The second-order valence-corrected chi connectivity index (χ2v) is 7.54. The maximum atomic E-state index is 13.4. The summed E-state index contributed by atoms with van der Waals surface area (Å²) in [5.74, 6) is 0.119. The van der Waals surface area contributed by atoms with Gasteiger partial charge in [0.25, 0.3) is 0 Å². The first-order valence-corrected chi connectivity index (χ1v) is 10.1.